The Morgan fingerprint density at radius 2 is 2.28 bits per heavy atom. The first-order valence-electron chi connectivity index (χ1n) is 5.50. The van der Waals surface area contributed by atoms with Gasteiger partial charge in [0, 0.05) is 10.6 Å². The first-order valence-corrected chi connectivity index (χ1v) is 5.88. The maximum Gasteiger partial charge on any atom is 0.124 e. The Morgan fingerprint density at radius 3 is 2.89 bits per heavy atom. The summed E-state index contributed by atoms with van der Waals surface area (Å²) in [6.07, 6.45) is 1.07. The number of hydrogen-bond acceptors (Lipinski definition) is 4. The van der Waals surface area contributed by atoms with Crippen LogP contribution in [0.5, 0.6) is 5.75 Å². The van der Waals surface area contributed by atoms with Crippen LogP contribution in [0.15, 0.2) is 24.4 Å². The lowest BCUT2D eigenvalue weighted by atomic mass is 10.2. The number of benzene rings is 1. The molecule has 2 aromatic rings. The van der Waals surface area contributed by atoms with Gasteiger partial charge in [-0.25, -0.2) is 4.68 Å². The fourth-order valence-corrected chi connectivity index (χ4v) is 1.82. The van der Waals surface area contributed by atoms with Gasteiger partial charge in [-0.15, -0.1) is 5.10 Å². The van der Waals surface area contributed by atoms with Gasteiger partial charge in [0.1, 0.15) is 11.4 Å². The molecule has 1 heterocycles. The number of aliphatic hydroxyl groups is 1. The van der Waals surface area contributed by atoms with Gasteiger partial charge >= 0.3 is 0 Å². The van der Waals surface area contributed by atoms with Crippen molar-refractivity contribution in [2.75, 3.05) is 7.11 Å². The van der Waals surface area contributed by atoms with Gasteiger partial charge in [-0.05, 0) is 25.1 Å². The zero-order valence-electron chi connectivity index (χ0n) is 10.2. The van der Waals surface area contributed by atoms with Crippen molar-refractivity contribution >= 4 is 11.6 Å². The van der Waals surface area contributed by atoms with Crippen LogP contribution in [-0.2, 0) is 6.54 Å². The van der Waals surface area contributed by atoms with Gasteiger partial charge in [-0.2, -0.15) is 0 Å². The summed E-state index contributed by atoms with van der Waals surface area (Å²) in [5.41, 5.74) is 1.45. The molecule has 0 saturated heterocycles. The predicted molar refractivity (Wildman–Crippen MR) is 67.8 cm³/mol. The van der Waals surface area contributed by atoms with E-state index in [2.05, 4.69) is 10.3 Å². The Morgan fingerprint density at radius 1 is 1.50 bits per heavy atom. The minimum atomic E-state index is -0.625. The van der Waals surface area contributed by atoms with Gasteiger partial charge in [0.05, 0.1) is 26.0 Å². The third-order valence-electron chi connectivity index (χ3n) is 2.56. The van der Waals surface area contributed by atoms with E-state index in [1.54, 1.807) is 31.0 Å². The number of rotatable bonds is 4. The molecule has 0 radical (unpaired) electrons. The van der Waals surface area contributed by atoms with E-state index in [1.165, 1.54) is 0 Å². The number of ether oxygens (including phenoxy) is 1. The number of methoxy groups -OCH3 is 1. The van der Waals surface area contributed by atoms with Gasteiger partial charge in [0.25, 0.3) is 0 Å². The first kappa shape index (κ1) is 12.9. The van der Waals surface area contributed by atoms with Crippen LogP contribution in [0.1, 0.15) is 24.3 Å². The van der Waals surface area contributed by atoms with E-state index in [4.69, 9.17) is 16.3 Å². The number of halogens is 1. The highest BCUT2D eigenvalue weighted by molar-refractivity contribution is 6.30. The van der Waals surface area contributed by atoms with Crippen molar-refractivity contribution in [2.45, 2.75) is 19.6 Å². The summed E-state index contributed by atoms with van der Waals surface area (Å²) in [5, 5.41) is 17.9. The summed E-state index contributed by atoms with van der Waals surface area (Å²) >= 11 is 5.95. The maximum absolute atomic E-state index is 9.39. The van der Waals surface area contributed by atoms with Crippen LogP contribution in [-0.4, -0.2) is 27.2 Å². The molecule has 5 nitrogen and oxygen atoms in total. The molecule has 1 aromatic carbocycles. The summed E-state index contributed by atoms with van der Waals surface area (Å²) in [6, 6.07) is 5.40. The minimum Gasteiger partial charge on any atom is -0.496 e. The lowest BCUT2D eigenvalue weighted by Gasteiger charge is -2.08. The van der Waals surface area contributed by atoms with Crippen LogP contribution in [0.2, 0.25) is 5.02 Å². The summed E-state index contributed by atoms with van der Waals surface area (Å²) < 4.78 is 6.89. The molecule has 1 unspecified atom stereocenters. The summed E-state index contributed by atoms with van der Waals surface area (Å²) in [6.45, 7) is 2.14. The normalized spacial score (nSPS) is 12.4. The highest BCUT2D eigenvalue weighted by atomic mass is 35.5. The van der Waals surface area contributed by atoms with Crippen LogP contribution in [0.25, 0.3) is 0 Å². The second-order valence-electron chi connectivity index (χ2n) is 3.97. The van der Waals surface area contributed by atoms with Crippen molar-refractivity contribution in [1.29, 1.82) is 0 Å². The van der Waals surface area contributed by atoms with Gasteiger partial charge in [-0.1, -0.05) is 16.8 Å². The van der Waals surface area contributed by atoms with Gasteiger partial charge in [0.15, 0.2) is 0 Å². The molecule has 0 fully saturated rings. The molecule has 18 heavy (non-hydrogen) atoms. The maximum atomic E-state index is 9.39. The number of aromatic nitrogens is 3. The van der Waals surface area contributed by atoms with Crippen molar-refractivity contribution in [3.05, 3.63) is 40.7 Å². The molecule has 0 amide bonds. The molecule has 2 rings (SSSR count). The fraction of sp³-hybridized carbons (Fsp3) is 0.333. The van der Waals surface area contributed by atoms with E-state index in [-0.39, 0.29) is 0 Å². The van der Waals surface area contributed by atoms with E-state index in [9.17, 15) is 5.11 Å². The molecule has 1 aromatic heterocycles. The lowest BCUT2D eigenvalue weighted by Crippen LogP contribution is -2.02. The fourth-order valence-electron chi connectivity index (χ4n) is 1.63. The Kier molecular flexibility index (Phi) is 3.84. The molecule has 0 aliphatic carbocycles. The van der Waals surface area contributed by atoms with Gasteiger partial charge in [-0.3, -0.25) is 0 Å². The van der Waals surface area contributed by atoms with Crippen molar-refractivity contribution in [3.63, 3.8) is 0 Å². The number of aliphatic hydroxyl groups excluding tert-OH is 1. The van der Waals surface area contributed by atoms with E-state index < -0.39 is 6.10 Å². The molecule has 0 aliphatic rings. The Hall–Kier alpha value is -1.59. The second-order valence-corrected chi connectivity index (χ2v) is 4.41. The zero-order chi connectivity index (χ0) is 13.1. The highest BCUT2D eigenvalue weighted by Gasteiger charge is 2.09. The first-order chi connectivity index (χ1) is 8.60. The quantitative estimate of drug-likeness (QED) is 0.921. The van der Waals surface area contributed by atoms with Crippen LogP contribution in [0, 0.1) is 0 Å². The van der Waals surface area contributed by atoms with Crippen molar-refractivity contribution in [3.8, 4) is 5.75 Å². The van der Waals surface area contributed by atoms with Gasteiger partial charge < -0.3 is 9.84 Å². The van der Waals surface area contributed by atoms with Gasteiger partial charge in [0.2, 0.25) is 0 Å². The highest BCUT2D eigenvalue weighted by Crippen LogP contribution is 2.23. The molecular formula is C12H14ClN3O2. The predicted octanol–water partition coefficient (Wildman–Crippen LogP) is 2.04. The molecule has 96 valence electrons. The number of hydrogen-bond donors (Lipinski definition) is 1. The molecule has 1 atom stereocenters. The second kappa shape index (κ2) is 5.37. The average molecular weight is 268 g/mol. The van der Waals surface area contributed by atoms with Crippen LogP contribution < -0.4 is 4.74 Å². The molecule has 0 bridgehead atoms. The zero-order valence-corrected chi connectivity index (χ0v) is 10.9. The van der Waals surface area contributed by atoms with Crippen molar-refractivity contribution in [1.82, 2.24) is 15.0 Å². The Bertz CT molecular complexity index is 540. The lowest BCUT2D eigenvalue weighted by molar-refractivity contribution is 0.194. The summed E-state index contributed by atoms with van der Waals surface area (Å²) in [7, 11) is 1.61. The van der Waals surface area contributed by atoms with Crippen molar-refractivity contribution < 1.29 is 9.84 Å². The SMILES string of the molecule is COc1ccc(Cl)cc1Cn1cc(C(C)O)nn1. The molecule has 0 saturated carbocycles. The summed E-state index contributed by atoms with van der Waals surface area (Å²) in [5.74, 6) is 0.744. The summed E-state index contributed by atoms with van der Waals surface area (Å²) in [4.78, 5) is 0. The van der Waals surface area contributed by atoms with Crippen LogP contribution >= 0.6 is 11.6 Å². The molecule has 0 aliphatic heterocycles. The molecular weight excluding hydrogens is 254 g/mol. The topological polar surface area (TPSA) is 60.2 Å². The Balaban J connectivity index is 2.24. The minimum absolute atomic E-state index is 0.490. The van der Waals surface area contributed by atoms with Crippen LogP contribution in [0.4, 0.5) is 0 Å². The third kappa shape index (κ3) is 2.80. The van der Waals surface area contributed by atoms with Crippen LogP contribution in [0.3, 0.4) is 0 Å². The smallest absolute Gasteiger partial charge is 0.124 e. The van der Waals surface area contributed by atoms with E-state index in [1.807, 2.05) is 12.1 Å². The Labute approximate surface area is 110 Å². The molecule has 0 spiro atoms. The largest absolute Gasteiger partial charge is 0.496 e. The molecule has 1 N–H and O–H groups in total. The van der Waals surface area contributed by atoms with E-state index >= 15 is 0 Å². The number of nitrogens with zero attached hydrogens (tertiary/aromatic N) is 3. The van der Waals surface area contributed by atoms with Crippen molar-refractivity contribution in [2.24, 2.45) is 0 Å². The average Bonchev–Trinajstić information content (AvgIpc) is 2.78. The standard InChI is InChI=1S/C12H14ClN3O2/c1-8(17)11-7-16(15-14-11)6-9-5-10(13)3-4-12(9)18-2/h3-5,7-8,17H,6H2,1-2H3. The monoisotopic (exact) mass is 267 g/mol. The molecule has 6 heteroatoms. The van der Waals surface area contributed by atoms with E-state index in [0.717, 1.165) is 11.3 Å². The van der Waals surface area contributed by atoms with E-state index in [0.29, 0.717) is 17.3 Å². The third-order valence-corrected chi connectivity index (χ3v) is 2.79.